The van der Waals surface area contributed by atoms with Gasteiger partial charge in [-0.25, -0.2) is 0 Å². The van der Waals surface area contributed by atoms with Crippen molar-refractivity contribution < 1.29 is 4.79 Å². The van der Waals surface area contributed by atoms with Crippen molar-refractivity contribution in [3.05, 3.63) is 12.2 Å². The van der Waals surface area contributed by atoms with Gasteiger partial charge in [0.25, 0.3) is 5.91 Å². The summed E-state index contributed by atoms with van der Waals surface area (Å²) < 4.78 is 0. The summed E-state index contributed by atoms with van der Waals surface area (Å²) in [6.07, 6.45) is 2.42. The molecule has 0 spiro atoms. The molecule has 0 aromatic carbocycles. The van der Waals surface area contributed by atoms with Crippen molar-refractivity contribution in [2.45, 2.75) is 25.8 Å². The highest BCUT2D eigenvalue weighted by molar-refractivity contribution is 6.72. The maximum Gasteiger partial charge on any atom is 0.256 e. The topological polar surface area (TPSA) is 32.7 Å². The van der Waals surface area contributed by atoms with Crippen molar-refractivity contribution in [2.24, 2.45) is 10.9 Å². The summed E-state index contributed by atoms with van der Waals surface area (Å²) in [4.78, 5) is 17.3. The van der Waals surface area contributed by atoms with E-state index in [0.717, 1.165) is 0 Å². The van der Waals surface area contributed by atoms with E-state index >= 15 is 0 Å². The van der Waals surface area contributed by atoms with E-state index in [-0.39, 0.29) is 22.7 Å². The molecule has 0 saturated heterocycles. The number of nitrogens with zero attached hydrogens (tertiary/aromatic N) is 2. The normalized spacial score (nSPS) is 18.5. The van der Waals surface area contributed by atoms with E-state index in [0.29, 0.717) is 5.92 Å². The van der Waals surface area contributed by atoms with Crippen molar-refractivity contribution >= 4 is 22.7 Å². The van der Waals surface area contributed by atoms with E-state index < -0.39 is 0 Å². The lowest BCUT2D eigenvalue weighted by molar-refractivity contribution is -0.127. The Kier molecular flexibility index (Phi) is 3.91. The summed E-state index contributed by atoms with van der Waals surface area (Å²) >= 11 is 5.76. The average molecular weight is 229 g/mol. The van der Waals surface area contributed by atoms with Crippen LogP contribution in [0.15, 0.2) is 17.1 Å². The monoisotopic (exact) mass is 228 g/mol. The molecule has 1 amide bonds. The number of carbonyl (C=O) groups excluding carboxylic acids is 1. The molecule has 15 heavy (non-hydrogen) atoms. The Morgan fingerprint density at radius 1 is 1.60 bits per heavy atom. The van der Waals surface area contributed by atoms with Gasteiger partial charge in [0.2, 0.25) is 0 Å². The summed E-state index contributed by atoms with van der Waals surface area (Å²) in [5.74, 6) is 0.508. The van der Waals surface area contributed by atoms with Gasteiger partial charge in [-0.15, -0.1) is 0 Å². The standard InChI is InChI=1S/C11H17ClN2O/c1-7(10(12)13-3)11(15)14(4)8(2)9-5-6-9/h8-9H,1,5-6H2,2-4H3/b13-10+/t8-/m0/s1. The summed E-state index contributed by atoms with van der Waals surface area (Å²) in [7, 11) is 3.33. The van der Waals surface area contributed by atoms with E-state index in [1.807, 2.05) is 0 Å². The van der Waals surface area contributed by atoms with Gasteiger partial charge in [0.05, 0.1) is 5.57 Å². The number of aliphatic imine (C=N–C) groups is 1. The van der Waals surface area contributed by atoms with Crippen LogP contribution in [0, 0.1) is 5.92 Å². The highest BCUT2D eigenvalue weighted by Gasteiger charge is 2.33. The molecule has 0 bridgehead atoms. The largest absolute Gasteiger partial charge is 0.339 e. The van der Waals surface area contributed by atoms with Gasteiger partial charge in [-0.3, -0.25) is 9.79 Å². The van der Waals surface area contributed by atoms with Crippen molar-refractivity contribution in [2.75, 3.05) is 14.1 Å². The Bertz CT molecular complexity index is 308. The molecule has 4 heteroatoms. The molecule has 0 aromatic rings. The van der Waals surface area contributed by atoms with Gasteiger partial charge < -0.3 is 4.90 Å². The van der Waals surface area contributed by atoms with Crippen molar-refractivity contribution in [1.82, 2.24) is 4.90 Å². The molecule has 1 rings (SSSR count). The van der Waals surface area contributed by atoms with Gasteiger partial charge >= 0.3 is 0 Å². The molecular weight excluding hydrogens is 212 g/mol. The third-order valence-electron chi connectivity index (χ3n) is 2.94. The maximum absolute atomic E-state index is 11.9. The minimum Gasteiger partial charge on any atom is -0.339 e. The average Bonchev–Trinajstić information content (AvgIpc) is 3.07. The minimum atomic E-state index is -0.134. The molecule has 1 atom stereocenters. The molecule has 0 radical (unpaired) electrons. The first kappa shape index (κ1) is 12.2. The molecule has 1 fully saturated rings. The first-order valence-electron chi connectivity index (χ1n) is 5.07. The molecular formula is C11H17ClN2O. The molecule has 0 aliphatic heterocycles. The second-order valence-electron chi connectivity index (χ2n) is 3.99. The van der Waals surface area contributed by atoms with Crippen molar-refractivity contribution in [1.29, 1.82) is 0 Å². The van der Waals surface area contributed by atoms with Crippen LogP contribution in [0.5, 0.6) is 0 Å². The fourth-order valence-electron chi connectivity index (χ4n) is 1.52. The number of hydrogen-bond acceptors (Lipinski definition) is 2. The molecule has 0 unspecified atom stereocenters. The number of hydrogen-bond donors (Lipinski definition) is 0. The van der Waals surface area contributed by atoms with Crippen LogP contribution in [0.1, 0.15) is 19.8 Å². The lowest BCUT2D eigenvalue weighted by Crippen LogP contribution is -2.38. The summed E-state index contributed by atoms with van der Waals surface area (Å²) in [6, 6.07) is 0.260. The molecule has 0 heterocycles. The Morgan fingerprint density at radius 2 is 2.13 bits per heavy atom. The number of rotatable bonds is 4. The van der Waals surface area contributed by atoms with Gasteiger partial charge in [0, 0.05) is 20.1 Å². The lowest BCUT2D eigenvalue weighted by atomic mass is 10.1. The van der Waals surface area contributed by atoms with E-state index in [1.165, 1.54) is 12.8 Å². The van der Waals surface area contributed by atoms with E-state index in [2.05, 4.69) is 18.5 Å². The second kappa shape index (κ2) is 4.79. The van der Waals surface area contributed by atoms with Gasteiger partial charge in [-0.2, -0.15) is 0 Å². The van der Waals surface area contributed by atoms with Crippen molar-refractivity contribution in [3.8, 4) is 0 Å². The zero-order chi connectivity index (χ0) is 11.6. The molecule has 0 N–H and O–H groups in total. The Morgan fingerprint density at radius 3 is 2.53 bits per heavy atom. The van der Waals surface area contributed by atoms with Crippen LogP contribution in [-0.2, 0) is 4.79 Å². The first-order valence-corrected chi connectivity index (χ1v) is 5.45. The van der Waals surface area contributed by atoms with Crippen LogP contribution in [-0.4, -0.2) is 36.1 Å². The highest BCUT2D eigenvalue weighted by Crippen LogP contribution is 2.35. The zero-order valence-electron chi connectivity index (χ0n) is 9.46. The molecule has 1 saturated carbocycles. The summed E-state index contributed by atoms with van der Waals surface area (Å²) in [6.45, 7) is 5.71. The lowest BCUT2D eigenvalue weighted by Gasteiger charge is -2.25. The Balaban J connectivity index is 2.62. The van der Waals surface area contributed by atoms with E-state index in [1.54, 1.807) is 19.0 Å². The summed E-state index contributed by atoms with van der Waals surface area (Å²) in [5, 5.41) is 0.190. The first-order chi connectivity index (χ1) is 6.99. The van der Waals surface area contributed by atoms with E-state index in [4.69, 9.17) is 11.6 Å². The maximum atomic E-state index is 11.9. The quantitative estimate of drug-likeness (QED) is 0.536. The van der Waals surface area contributed by atoms with Crippen LogP contribution in [0.4, 0.5) is 0 Å². The number of amides is 1. The number of carbonyl (C=O) groups is 1. The molecule has 84 valence electrons. The SMILES string of the molecule is C=C(C(=O)N(C)[C@@H](C)C1CC1)/C(Cl)=N\C. The molecule has 3 nitrogen and oxygen atoms in total. The second-order valence-corrected chi connectivity index (χ2v) is 4.35. The predicted molar refractivity (Wildman–Crippen MR) is 63.3 cm³/mol. The van der Waals surface area contributed by atoms with Gasteiger partial charge in [0.15, 0.2) is 0 Å². The highest BCUT2D eigenvalue weighted by atomic mass is 35.5. The van der Waals surface area contributed by atoms with Crippen LogP contribution < -0.4 is 0 Å². The predicted octanol–water partition coefficient (Wildman–Crippen LogP) is 2.07. The number of likely N-dealkylation sites (N-methyl/N-ethyl adjacent to an activating group) is 1. The molecule has 1 aliphatic rings. The Hall–Kier alpha value is -0.830. The molecule has 1 aliphatic carbocycles. The Labute approximate surface area is 95.8 Å². The smallest absolute Gasteiger partial charge is 0.256 e. The molecule has 0 aromatic heterocycles. The van der Waals surface area contributed by atoms with Crippen LogP contribution in [0.25, 0.3) is 0 Å². The van der Waals surface area contributed by atoms with Gasteiger partial charge in [-0.05, 0) is 25.7 Å². The third kappa shape index (κ3) is 2.81. The van der Waals surface area contributed by atoms with Gasteiger partial charge in [-0.1, -0.05) is 18.2 Å². The minimum absolute atomic E-state index is 0.134. The van der Waals surface area contributed by atoms with Crippen LogP contribution in [0.2, 0.25) is 0 Å². The van der Waals surface area contributed by atoms with Crippen LogP contribution >= 0.6 is 11.6 Å². The fraction of sp³-hybridized carbons (Fsp3) is 0.636. The van der Waals surface area contributed by atoms with Crippen LogP contribution in [0.3, 0.4) is 0 Å². The van der Waals surface area contributed by atoms with E-state index in [9.17, 15) is 4.79 Å². The third-order valence-corrected chi connectivity index (χ3v) is 3.34. The number of halogens is 1. The van der Waals surface area contributed by atoms with Crippen molar-refractivity contribution in [3.63, 3.8) is 0 Å². The fourth-order valence-corrected chi connectivity index (χ4v) is 1.60. The zero-order valence-corrected chi connectivity index (χ0v) is 10.2. The summed E-state index contributed by atoms with van der Waals surface area (Å²) in [5.41, 5.74) is 0.272. The van der Waals surface area contributed by atoms with Gasteiger partial charge in [0.1, 0.15) is 5.17 Å².